The molecule has 2 aromatic carbocycles. The van der Waals surface area contributed by atoms with Crippen LogP contribution in [-0.2, 0) is 19.1 Å². The quantitative estimate of drug-likeness (QED) is 0.373. The number of carbonyl (C=O) groups excluding carboxylic acids is 4. The van der Waals surface area contributed by atoms with Crippen LogP contribution in [-0.4, -0.2) is 41.2 Å². The van der Waals surface area contributed by atoms with E-state index in [4.69, 9.17) is 9.47 Å². The topological polar surface area (TPSA) is 98.8 Å². The fourth-order valence-corrected chi connectivity index (χ4v) is 6.21. The summed E-state index contributed by atoms with van der Waals surface area (Å²) < 4.78 is 10.6. The first-order valence-electron chi connectivity index (χ1n) is 10.4. The van der Waals surface area contributed by atoms with Crippen LogP contribution in [0.5, 0.6) is 0 Å². The van der Waals surface area contributed by atoms with Crippen molar-refractivity contribution in [3.63, 3.8) is 0 Å². The molecule has 0 radical (unpaired) electrons. The van der Waals surface area contributed by atoms with E-state index in [1.165, 1.54) is 12.1 Å². The molecule has 32 heavy (non-hydrogen) atoms. The summed E-state index contributed by atoms with van der Waals surface area (Å²) in [6, 6.07) is 14.9. The third-order valence-corrected chi connectivity index (χ3v) is 7.84. The van der Waals surface area contributed by atoms with Crippen LogP contribution in [0, 0.1) is 23.7 Å². The van der Waals surface area contributed by atoms with Crippen molar-refractivity contribution < 1.29 is 28.7 Å². The van der Waals surface area contributed by atoms with E-state index in [2.05, 4.69) is 21.2 Å². The van der Waals surface area contributed by atoms with E-state index in [1.807, 2.05) is 0 Å². The first-order chi connectivity index (χ1) is 15.4. The van der Waals surface area contributed by atoms with Gasteiger partial charge in [0, 0.05) is 17.2 Å². The highest BCUT2D eigenvalue weighted by Crippen LogP contribution is 2.60. The number of hydrogen-bond acceptors (Lipinski definition) is 6. The number of fused-ring (bicyclic) bond motifs is 1. The lowest BCUT2D eigenvalue weighted by atomic mass is 9.79. The molecular formula is C24H20BrNO6. The van der Waals surface area contributed by atoms with E-state index >= 15 is 0 Å². The second kappa shape index (κ2) is 8.16. The van der Waals surface area contributed by atoms with Gasteiger partial charge >= 0.3 is 11.9 Å². The zero-order valence-electron chi connectivity index (χ0n) is 16.9. The number of Topliss-reactive ketones (excluding diaryl/α,β-unsaturated/α-hetero) is 1. The number of esters is 2. The Morgan fingerprint density at radius 3 is 2.44 bits per heavy atom. The summed E-state index contributed by atoms with van der Waals surface area (Å²) in [5.74, 6) is -2.05. The SMILES string of the molecule is O=C(COC(=O)c1ccc(NC(=O)[C@@H]2[C@H]3C[C@H]4[C@H](OC(=O)[C@@H]42)[C@@H]3Br)cc1)c1ccccc1. The van der Waals surface area contributed by atoms with Gasteiger partial charge in [-0.2, -0.15) is 0 Å². The lowest BCUT2D eigenvalue weighted by molar-refractivity contribution is -0.145. The van der Waals surface area contributed by atoms with E-state index in [9.17, 15) is 19.2 Å². The number of ether oxygens (including phenoxy) is 2. The Hall–Kier alpha value is -3.00. The number of hydrogen-bond donors (Lipinski definition) is 1. The van der Waals surface area contributed by atoms with Gasteiger partial charge in [0.1, 0.15) is 6.10 Å². The molecule has 1 heterocycles. The standard InChI is InChI=1S/C24H20BrNO6/c25-20-15-10-16-19(24(30)32-21(16)20)18(15)22(28)26-14-8-6-13(7-9-14)23(29)31-11-17(27)12-4-2-1-3-5-12/h1-9,15-16,18-21H,10-11H2,(H,26,28)/t15-,16-,18-,19+,20-,21+/m1/s1. The van der Waals surface area contributed by atoms with E-state index in [1.54, 1.807) is 42.5 Å². The molecule has 164 valence electrons. The number of nitrogens with one attached hydrogen (secondary N) is 1. The summed E-state index contributed by atoms with van der Waals surface area (Å²) in [6.45, 7) is -0.349. The summed E-state index contributed by atoms with van der Waals surface area (Å²) in [5.41, 5.74) is 1.26. The maximum atomic E-state index is 12.9. The van der Waals surface area contributed by atoms with Crippen molar-refractivity contribution in [3.05, 3.63) is 65.7 Å². The molecule has 2 aromatic rings. The molecule has 2 aliphatic carbocycles. The highest BCUT2D eigenvalue weighted by molar-refractivity contribution is 9.09. The van der Waals surface area contributed by atoms with Crippen LogP contribution >= 0.6 is 15.9 Å². The third-order valence-electron chi connectivity index (χ3n) is 6.64. The molecule has 1 amide bonds. The lowest BCUT2D eigenvalue weighted by Gasteiger charge is -2.27. The summed E-state index contributed by atoms with van der Waals surface area (Å²) >= 11 is 3.60. The minimum Gasteiger partial charge on any atom is -0.461 e. The molecule has 0 unspecified atom stereocenters. The first-order valence-corrected chi connectivity index (χ1v) is 11.4. The predicted octanol–water partition coefficient (Wildman–Crippen LogP) is 3.24. The summed E-state index contributed by atoms with van der Waals surface area (Å²) in [4.78, 5) is 49.5. The third kappa shape index (κ3) is 3.52. The zero-order chi connectivity index (χ0) is 22.4. The number of carbonyl (C=O) groups is 4. The highest BCUT2D eigenvalue weighted by Gasteiger charge is 2.67. The number of anilines is 1. The molecule has 0 aromatic heterocycles. The molecule has 2 bridgehead atoms. The molecule has 3 fully saturated rings. The maximum absolute atomic E-state index is 12.9. The molecule has 3 aliphatic rings. The number of rotatable bonds is 6. The van der Waals surface area contributed by atoms with Gasteiger partial charge in [-0.1, -0.05) is 46.3 Å². The highest BCUT2D eigenvalue weighted by atomic mass is 79.9. The molecule has 5 rings (SSSR count). The van der Waals surface area contributed by atoms with Crippen molar-refractivity contribution >= 4 is 45.2 Å². The smallest absolute Gasteiger partial charge is 0.338 e. The summed E-state index contributed by atoms with van der Waals surface area (Å²) in [5, 5.41) is 2.86. The Kier molecular flexibility index (Phi) is 5.33. The molecule has 7 nitrogen and oxygen atoms in total. The van der Waals surface area contributed by atoms with Crippen molar-refractivity contribution in [2.75, 3.05) is 11.9 Å². The van der Waals surface area contributed by atoms with Crippen molar-refractivity contribution in [3.8, 4) is 0 Å². The Morgan fingerprint density at radius 1 is 1.00 bits per heavy atom. The average molecular weight is 498 g/mol. The lowest BCUT2D eigenvalue weighted by Crippen LogP contribution is -2.40. The average Bonchev–Trinajstić information content (AvgIpc) is 3.42. The Bertz CT molecular complexity index is 1090. The van der Waals surface area contributed by atoms with Crippen molar-refractivity contribution in [1.82, 2.24) is 0 Å². The largest absolute Gasteiger partial charge is 0.461 e. The number of halogens is 1. The Balaban J connectivity index is 1.19. The van der Waals surface area contributed by atoms with Gasteiger partial charge in [-0.3, -0.25) is 14.4 Å². The van der Waals surface area contributed by atoms with Crippen LogP contribution in [0.3, 0.4) is 0 Å². The Morgan fingerprint density at radius 2 is 1.72 bits per heavy atom. The number of amides is 1. The van der Waals surface area contributed by atoms with Gasteiger partial charge < -0.3 is 14.8 Å². The van der Waals surface area contributed by atoms with Gasteiger partial charge in [0.05, 0.1) is 22.2 Å². The van der Waals surface area contributed by atoms with Gasteiger partial charge in [-0.15, -0.1) is 0 Å². The second-order valence-electron chi connectivity index (χ2n) is 8.39. The molecule has 6 atom stereocenters. The maximum Gasteiger partial charge on any atom is 0.338 e. The molecule has 1 aliphatic heterocycles. The van der Waals surface area contributed by atoms with Crippen LogP contribution in [0.2, 0.25) is 0 Å². The zero-order valence-corrected chi connectivity index (χ0v) is 18.5. The van der Waals surface area contributed by atoms with Crippen LogP contribution in [0.25, 0.3) is 0 Å². The second-order valence-corrected chi connectivity index (χ2v) is 9.45. The van der Waals surface area contributed by atoms with Crippen LogP contribution < -0.4 is 5.32 Å². The molecule has 1 N–H and O–H groups in total. The number of ketones is 1. The monoisotopic (exact) mass is 497 g/mol. The van der Waals surface area contributed by atoms with E-state index in [-0.39, 0.29) is 58.5 Å². The molecular weight excluding hydrogens is 478 g/mol. The van der Waals surface area contributed by atoms with Gasteiger partial charge in [-0.05, 0) is 36.6 Å². The summed E-state index contributed by atoms with van der Waals surface area (Å²) in [7, 11) is 0. The normalized spacial score (nSPS) is 29.5. The van der Waals surface area contributed by atoms with Crippen LogP contribution in [0.15, 0.2) is 54.6 Å². The van der Waals surface area contributed by atoms with Crippen LogP contribution in [0.4, 0.5) is 5.69 Å². The van der Waals surface area contributed by atoms with Gasteiger partial charge in [0.25, 0.3) is 0 Å². The minimum atomic E-state index is -0.623. The van der Waals surface area contributed by atoms with E-state index in [0.717, 1.165) is 6.42 Å². The molecule has 2 saturated carbocycles. The minimum absolute atomic E-state index is 0.00157. The molecule has 1 saturated heterocycles. The van der Waals surface area contributed by atoms with Crippen molar-refractivity contribution in [2.24, 2.45) is 23.7 Å². The van der Waals surface area contributed by atoms with E-state index in [0.29, 0.717) is 11.3 Å². The molecule has 0 spiro atoms. The van der Waals surface area contributed by atoms with Crippen molar-refractivity contribution in [1.29, 1.82) is 0 Å². The number of benzene rings is 2. The van der Waals surface area contributed by atoms with Crippen molar-refractivity contribution in [2.45, 2.75) is 17.4 Å². The van der Waals surface area contributed by atoms with Gasteiger partial charge in [-0.25, -0.2) is 4.79 Å². The summed E-state index contributed by atoms with van der Waals surface area (Å²) in [6.07, 6.45) is 0.683. The van der Waals surface area contributed by atoms with E-state index < -0.39 is 11.9 Å². The molecule has 8 heteroatoms. The fourth-order valence-electron chi connectivity index (χ4n) is 5.17. The van der Waals surface area contributed by atoms with Crippen LogP contribution in [0.1, 0.15) is 27.1 Å². The fraction of sp³-hybridized carbons (Fsp3) is 0.333. The number of alkyl halides is 1. The first kappa shape index (κ1) is 20.9. The predicted molar refractivity (Wildman–Crippen MR) is 117 cm³/mol. The van der Waals surface area contributed by atoms with Gasteiger partial charge in [0.2, 0.25) is 5.91 Å². The van der Waals surface area contributed by atoms with Gasteiger partial charge in [0.15, 0.2) is 12.4 Å². The Labute approximate surface area is 192 Å².